The first-order valence-corrected chi connectivity index (χ1v) is 4.39. The maximum absolute atomic E-state index is 11.9. The first kappa shape index (κ1) is 8.69. The van der Waals surface area contributed by atoms with Crippen molar-refractivity contribution in [3.05, 3.63) is 53.3 Å². The van der Waals surface area contributed by atoms with E-state index in [9.17, 15) is 4.79 Å². The van der Waals surface area contributed by atoms with Crippen molar-refractivity contribution >= 4 is 5.78 Å². The minimum Gasteiger partial charge on any atom is -0.287 e. The van der Waals surface area contributed by atoms with Gasteiger partial charge in [-0.05, 0) is 12.5 Å². The van der Waals surface area contributed by atoms with Crippen molar-refractivity contribution in [2.75, 3.05) is 0 Å². The summed E-state index contributed by atoms with van der Waals surface area (Å²) >= 11 is 0. The molecule has 1 N–H and O–H groups in total. The number of hydrogen-bond acceptors (Lipinski definition) is 2. The van der Waals surface area contributed by atoms with Gasteiger partial charge in [0.15, 0.2) is 0 Å². The van der Waals surface area contributed by atoms with Gasteiger partial charge in [-0.2, -0.15) is 5.10 Å². The summed E-state index contributed by atoms with van der Waals surface area (Å²) in [6, 6.07) is 9.17. The number of H-pyrrole nitrogens is 1. The van der Waals surface area contributed by atoms with Crippen molar-refractivity contribution in [2.45, 2.75) is 6.92 Å². The fourth-order valence-corrected chi connectivity index (χ4v) is 1.31. The van der Waals surface area contributed by atoms with Gasteiger partial charge in [0.1, 0.15) is 5.69 Å². The van der Waals surface area contributed by atoms with Gasteiger partial charge in [-0.25, -0.2) is 0 Å². The quantitative estimate of drug-likeness (QED) is 0.728. The van der Waals surface area contributed by atoms with Gasteiger partial charge in [0.05, 0.1) is 6.20 Å². The molecule has 0 radical (unpaired) electrons. The predicted octanol–water partition coefficient (Wildman–Crippen LogP) is 1.95. The van der Waals surface area contributed by atoms with Crippen LogP contribution in [0.25, 0.3) is 0 Å². The first-order chi connectivity index (χ1) is 6.79. The highest BCUT2D eigenvalue weighted by molar-refractivity contribution is 6.08. The van der Waals surface area contributed by atoms with Crippen LogP contribution in [0.4, 0.5) is 0 Å². The number of aryl methyl sites for hydroxylation is 1. The molecule has 0 aliphatic rings. The lowest BCUT2D eigenvalue weighted by Crippen LogP contribution is -2.03. The number of carbonyl (C=O) groups is 1. The van der Waals surface area contributed by atoms with E-state index in [-0.39, 0.29) is 5.78 Å². The minimum absolute atomic E-state index is 0.0133. The van der Waals surface area contributed by atoms with Gasteiger partial charge in [-0.3, -0.25) is 9.89 Å². The van der Waals surface area contributed by atoms with Crippen LogP contribution in [0.2, 0.25) is 0 Å². The van der Waals surface area contributed by atoms with Crippen LogP contribution >= 0.6 is 0 Å². The fourth-order valence-electron chi connectivity index (χ4n) is 1.31. The van der Waals surface area contributed by atoms with Crippen LogP contribution in [-0.4, -0.2) is 16.0 Å². The Labute approximate surface area is 81.8 Å². The molecule has 0 fully saturated rings. The number of ketones is 1. The number of nitrogens with zero attached hydrogens (tertiary/aromatic N) is 1. The zero-order valence-corrected chi connectivity index (χ0v) is 7.82. The normalized spacial score (nSPS) is 10.1. The lowest BCUT2D eigenvalue weighted by molar-refractivity contribution is 0.103. The molecule has 2 rings (SSSR count). The Balaban J connectivity index is 2.39. The van der Waals surface area contributed by atoms with E-state index in [1.807, 2.05) is 25.1 Å². The molecular weight excluding hydrogens is 176 g/mol. The van der Waals surface area contributed by atoms with E-state index < -0.39 is 0 Å². The predicted molar refractivity (Wildman–Crippen MR) is 53.2 cm³/mol. The van der Waals surface area contributed by atoms with Crippen LogP contribution < -0.4 is 0 Å². The maximum Gasteiger partial charge on any atom is 0.211 e. The van der Waals surface area contributed by atoms with Crippen LogP contribution in [-0.2, 0) is 0 Å². The lowest BCUT2D eigenvalue weighted by Gasteiger charge is -1.98. The third kappa shape index (κ3) is 1.44. The monoisotopic (exact) mass is 186 g/mol. The Morgan fingerprint density at radius 1 is 1.29 bits per heavy atom. The SMILES string of the molecule is Cc1cn[nH]c1C(=O)c1ccccc1. The van der Waals surface area contributed by atoms with Crippen LogP contribution in [0, 0.1) is 6.92 Å². The van der Waals surface area contributed by atoms with E-state index >= 15 is 0 Å². The molecule has 14 heavy (non-hydrogen) atoms. The number of aromatic nitrogens is 2. The Hall–Kier alpha value is -1.90. The van der Waals surface area contributed by atoms with E-state index in [2.05, 4.69) is 10.2 Å². The molecule has 1 aromatic heterocycles. The second kappa shape index (κ2) is 3.46. The third-order valence-corrected chi connectivity index (χ3v) is 2.09. The van der Waals surface area contributed by atoms with E-state index in [1.165, 1.54) is 0 Å². The van der Waals surface area contributed by atoms with E-state index in [0.717, 1.165) is 5.56 Å². The molecule has 0 unspecified atom stereocenters. The molecule has 0 atom stereocenters. The van der Waals surface area contributed by atoms with Crippen molar-refractivity contribution in [1.82, 2.24) is 10.2 Å². The highest BCUT2D eigenvalue weighted by atomic mass is 16.1. The largest absolute Gasteiger partial charge is 0.287 e. The summed E-state index contributed by atoms with van der Waals surface area (Å²) in [5, 5.41) is 6.53. The molecule has 0 bridgehead atoms. The molecule has 3 nitrogen and oxygen atoms in total. The third-order valence-electron chi connectivity index (χ3n) is 2.09. The average Bonchev–Trinajstić information content (AvgIpc) is 2.65. The van der Waals surface area contributed by atoms with Gasteiger partial charge >= 0.3 is 0 Å². The van der Waals surface area contributed by atoms with Crippen LogP contribution in [0.1, 0.15) is 21.6 Å². The number of nitrogens with one attached hydrogen (secondary N) is 1. The second-order valence-corrected chi connectivity index (χ2v) is 3.12. The molecule has 1 aromatic carbocycles. The molecule has 1 heterocycles. The summed E-state index contributed by atoms with van der Waals surface area (Å²) in [7, 11) is 0. The summed E-state index contributed by atoms with van der Waals surface area (Å²) in [5.74, 6) is -0.0133. The van der Waals surface area contributed by atoms with E-state index in [0.29, 0.717) is 11.3 Å². The van der Waals surface area contributed by atoms with Crippen LogP contribution in [0.3, 0.4) is 0 Å². The van der Waals surface area contributed by atoms with Gasteiger partial charge in [0.25, 0.3) is 0 Å². The summed E-state index contributed by atoms with van der Waals surface area (Å²) < 4.78 is 0. The summed E-state index contributed by atoms with van der Waals surface area (Å²) in [5.41, 5.74) is 2.12. The maximum atomic E-state index is 11.9. The molecule has 70 valence electrons. The van der Waals surface area contributed by atoms with Crippen molar-refractivity contribution in [3.63, 3.8) is 0 Å². The molecule has 0 aliphatic carbocycles. The van der Waals surface area contributed by atoms with Crippen LogP contribution in [0.15, 0.2) is 36.5 Å². The summed E-state index contributed by atoms with van der Waals surface area (Å²) in [6.07, 6.45) is 1.65. The Bertz CT molecular complexity index is 445. The Morgan fingerprint density at radius 3 is 2.57 bits per heavy atom. The summed E-state index contributed by atoms with van der Waals surface area (Å²) in [6.45, 7) is 1.86. The second-order valence-electron chi connectivity index (χ2n) is 3.12. The number of aromatic amines is 1. The standard InChI is InChI=1S/C11H10N2O/c1-8-7-12-13-10(8)11(14)9-5-3-2-4-6-9/h2-7H,1H3,(H,12,13). The Morgan fingerprint density at radius 2 is 2.00 bits per heavy atom. The number of hydrogen-bond donors (Lipinski definition) is 1. The van der Waals surface area contributed by atoms with Gasteiger partial charge in [0.2, 0.25) is 5.78 Å². The summed E-state index contributed by atoms with van der Waals surface area (Å²) in [4.78, 5) is 11.9. The van der Waals surface area contributed by atoms with Gasteiger partial charge in [-0.1, -0.05) is 30.3 Å². The van der Waals surface area contributed by atoms with Crippen molar-refractivity contribution in [3.8, 4) is 0 Å². The van der Waals surface area contributed by atoms with Gasteiger partial charge in [0, 0.05) is 5.56 Å². The molecule has 0 saturated heterocycles. The number of benzene rings is 1. The molecular formula is C11H10N2O. The van der Waals surface area contributed by atoms with Crippen molar-refractivity contribution in [1.29, 1.82) is 0 Å². The van der Waals surface area contributed by atoms with Crippen LogP contribution in [0.5, 0.6) is 0 Å². The Kier molecular flexibility index (Phi) is 2.14. The molecule has 0 amide bonds. The van der Waals surface area contributed by atoms with E-state index in [1.54, 1.807) is 18.3 Å². The van der Waals surface area contributed by atoms with E-state index in [4.69, 9.17) is 0 Å². The fraction of sp³-hybridized carbons (Fsp3) is 0.0909. The smallest absolute Gasteiger partial charge is 0.211 e. The number of rotatable bonds is 2. The highest BCUT2D eigenvalue weighted by Crippen LogP contribution is 2.10. The highest BCUT2D eigenvalue weighted by Gasteiger charge is 2.12. The molecule has 2 aromatic rings. The molecule has 0 aliphatic heterocycles. The molecule has 0 spiro atoms. The number of carbonyl (C=O) groups excluding carboxylic acids is 1. The molecule has 0 saturated carbocycles. The van der Waals surface area contributed by atoms with Gasteiger partial charge in [-0.15, -0.1) is 0 Å². The first-order valence-electron chi connectivity index (χ1n) is 4.39. The zero-order valence-electron chi connectivity index (χ0n) is 7.82. The average molecular weight is 186 g/mol. The van der Waals surface area contributed by atoms with Crippen molar-refractivity contribution in [2.24, 2.45) is 0 Å². The van der Waals surface area contributed by atoms with Crippen molar-refractivity contribution < 1.29 is 4.79 Å². The molecule has 3 heteroatoms. The topological polar surface area (TPSA) is 45.8 Å². The lowest BCUT2D eigenvalue weighted by atomic mass is 10.1. The zero-order chi connectivity index (χ0) is 9.97. The minimum atomic E-state index is -0.0133. The van der Waals surface area contributed by atoms with Gasteiger partial charge < -0.3 is 0 Å².